The second kappa shape index (κ2) is 12.0. The Morgan fingerprint density at radius 3 is 2.38 bits per heavy atom. The van der Waals surface area contributed by atoms with Gasteiger partial charge in [0, 0.05) is 12.2 Å². The molecule has 34 heavy (non-hydrogen) atoms. The molecule has 3 N–H and O–H groups in total. The van der Waals surface area contributed by atoms with Gasteiger partial charge in [0.25, 0.3) is 5.91 Å². The molecule has 0 aliphatic heterocycles. The molecule has 0 saturated carbocycles. The molecule has 3 aromatic rings. The SMILES string of the molecule is Cc1ccc(C)c(NC(=O)COc2ccc(C=NNC(=O)C(=O)NCc3ccccc3)cc2)c1. The van der Waals surface area contributed by atoms with Gasteiger partial charge in [-0.1, -0.05) is 42.5 Å². The van der Waals surface area contributed by atoms with E-state index in [9.17, 15) is 14.4 Å². The smallest absolute Gasteiger partial charge is 0.329 e. The number of rotatable bonds is 8. The minimum atomic E-state index is -0.859. The van der Waals surface area contributed by atoms with Crippen molar-refractivity contribution in [2.45, 2.75) is 20.4 Å². The molecule has 0 atom stereocenters. The van der Waals surface area contributed by atoms with Crippen LogP contribution in [-0.2, 0) is 20.9 Å². The molecule has 0 unspecified atom stereocenters. The molecular weight excluding hydrogens is 432 g/mol. The second-order valence-corrected chi connectivity index (χ2v) is 7.59. The molecule has 8 nitrogen and oxygen atoms in total. The van der Waals surface area contributed by atoms with Crippen molar-refractivity contribution in [3.63, 3.8) is 0 Å². The number of aryl methyl sites for hydroxylation is 2. The molecular formula is C26H26N4O4. The number of amides is 3. The number of anilines is 1. The van der Waals surface area contributed by atoms with Gasteiger partial charge in [0.15, 0.2) is 6.61 Å². The minimum absolute atomic E-state index is 0.130. The number of benzene rings is 3. The van der Waals surface area contributed by atoms with Gasteiger partial charge >= 0.3 is 11.8 Å². The highest BCUT2D eigenvalue weighted by Gasteiger charge is 2.11. The van der Waals surface area contributed by atoms with Crippen LogP contribution in [0.15, 0.2) is 77.9 Å². The van der Waals surface area contributed by atoms with E-state index in [4.69, 9.17) is 4.74 Å². The fourth-order valence-electron chi connectivity index (χ4n) is 2.93. The van der Waals surface area contributed by atoms with Crippen molar-refractivity contribution < 1.29 is 19.1 Å². The summed E-state index contributed by atoms with van der Waals surface area (Å²) in [6, 6.07) is 21.9. The second-order valence-electron chi connectivity index (χ2n) is 7.59. The van der Waals surface area contributed by atoms with Crippen LogP contribution in [0.1, 0.15) is 22.3 Å². The first-order chi connectivity index (χ1) is 16.4. The summed E-state index contributed by atoms with van der Waals surface area (Å²) in [5, 5.41) is 9.16. The molecule has 0 fully saturated rings. The molecule has 3 amide bonds. The molecule has 0 saturated heterocycles. The van der Waals surface area contributed by atoms with E-state index in [0.717, 1.165) is 22.4 Å². The summed E-state index contributed by atoms with van der Waals surface area (Å²) in [6.07, 6.45) is 1.40. The van der Waals surface area contributed by atoms with E-state index in [1.165, 1.54) is 6.21 Å². The standard InChI is InChI=1S/C26H26N4O4/c1-18-8-9-19(2)23(14-18)29-24(31)17-34-22-12-10-21(11-13-22)16-28-30-26(33)25(32)27-15-20-6-4-3-5-7-20/h3-14,16H,15,17H2,1-2H3,(H,27,32)(H,29,31)(H,30,33). The summed E-state index contributed by atoms with van der Waals surface area (Å²) in [6.45, 7) is 4.01. The maximum absolute atomic E-state index is 12.2. The Labute approximate surface area is 198 Å². The summed E-state index contributed by atoms with van der Waals surface area (Å²) in [5.41, 5.74) is 6.55. The van der Waals surface area contributed by atoms with Crippen molar-refractivity contribution in [3.8, 4) is 5.75 Å². The Morgan fingerprint density at radius 2 is 1.65 bits per heavy atom. The monoisotopic (exact) mass is 458 g/mol. The van der Waals surface area contributed by atoms with Crippen molar-refractivity contribution >= 4 is 29.6 Å². The topological polar surface area (TPSA) is 109 Å². The number of hydrogen-bond acceptors (Lipinski definition) is 5. The van der Waals surface area contributed by atoms with Gasteiger partial charge in [-0.15, -0.1) is 0 Å². The summed E-state index contributed by atoms with van der Waals surface area (Å²) in [5.74, 6) is -1.38. The lowest BCUT2D eigenvalue weighted by Crippen LogP contribution is -2.37. The van der Waals surface area contributed by atoms with Gasteiger partial charge < -0.3 is 15.4 Å². The van der Waals surface area contributed by atoms with E-state index in [2.05, 4.69) is 21.2 Å². The van der Waals surface area contributed by atoms with Gasteiger partial charge in [0.1, 0.15) is 5.75 Å². The first kappa shape index (κ1) is 24.2. The molecule has 174 valence electrons. The lowest BCUT2D eigenvalue weighted by Gasteiger charge is -2.10. The van der Waals surface area contributed by atoms with Gasteiger partial charge in [-0.25, -0.2) is 5.43 Å². The van der Waals surface area contributed by atoms with Gasteiger partial charge in [0.2, 0.25) is 0 Å². The van der Waals surface area contributed by atoms with Gasteiger partial charge in [-0.2, -0.15) is 5.10 Å². The lowest BCUT2D eigenvalue weighted by atomic mass is 10.1. The molecule has 0 aliphatic carbocycles. The number of carbonyl (C=O) groups excluding carboxylic acids is 3. The Bertz CT molecular complexity index is 1180. The number of nitrogens with one attached hydrogen (secondary N) is 3. The van der Waals surface area contributed by atoms with E-state index < -0.39 is 11.8 Å². The van der Waals surface area contributed by atoms with Crippen LogP contribution in [0.3, 0.4) is 0 Å². The zero-order valence-corrected chi connectivity index (χ0v) is 19.0. The summed E-state index contributed by atoms with van der Waals surface area (Å²) < 4.78 is 5.52. The number of hydrazone groups is 1. The van der Waals surface area contributed by atoms with Crippen LogP contribution in [0.5, 0.6) is 5.75 Å². The minimum Gasteiger partial charge on any atom is -0.484 e. The van der Waals surface area contributed by atoms with Crippen molar-refractivity contribution in [2.24, 2.45) is 5.10 Å². The van der Waals surface area contributed by atoms with E-state index in [0.29, 0.717) is 11.3 Å². The highest BCUT2D eigenvalue weighted by Crippen LogP contribution is 2.16. The quantitative estimate of drug-likeness (QED) is 0.274. The zero-order valence-electron chi connectivity index (χ0n) is 19.0. The van der Waals surface area contributed by atoms with Gasteiger partial charge in [-0.05, 0) is 66.4 Å². The highest BCUT2D eigenvalue weighted by molar-refractivity contribution is 6.35. The Kier molecular flexibility index (Phi) is 8.51. The number of ether oxygens (including phenoxy) is 1. The predicted molar refractivity (Wildman–Crippen MR) is 131 cm³/mol. The molecule has 0 spiro atoms. The lowest BCUT2D eigenvalue weighted by molar-refractivity contribution is -0.139. The fourth-order valence-corrected chi connectivity index (χ4v) is 2.93. The van der Waals surface area contributed by atoms with Crippen molar-refractivity contribution in [1.29, 1.82) is 0 Å². The third-order valence-electron chi connectivity index (χ3n) is 4.80. The predicted octanol–water partition coefficient (Wildman–Crippen LogP) is 3.09. The van der Waals surface area contributed by atoms with E-state index in [-0.39, 0.29) is 19.1 Å². The summed E-state index contributed by atoms with van der Waals surface area (Å²) in [7, 11) is 0. The molecule has 0 heterocycles. The third-order valence-corrected chi connectivity index (χ3v) is 4.80. The van der Waals surface area contributed by atoms with Crippen molar-refractivity contribution in [3.05, 3.63) is 95.1 Å². The Hall–Kier alpha value is -4.46. The van der Waals surface area contributed by atoms with Crippen LogP contribution in [0, 0.1) is 13.8 Å². The summed E-state index contributed by atoms with van der Waals surface area (Å²) in [4.78, 5) is 35.8. The molecule has 3 aromatic carbocycles. The molecule has 0 aliphatic rings. The molecule has 0 radical (unpaired) electrons. The third kappa shape index (κ3) is 7.59. The average molecular weight is 459 g/mol. The van der Waals surface area contributed by atoms with Crippen LogP contribution in [0.2, 0.25) is 0 Å². The molecule has 8 heteroatoms. The van der Waals surface area contributed by atoms with Gasteiger partial charge in [-0.3, -0.25) is 14.4 Å². The zero-order chi connectivity index (χ0) is 24.3. The first-order valence-corrected chi connectivity index (χ1v) is 10.7. The van der Waals surface area contributed by atoms with E-state index in [1.54, 1.807) is 24.3 Å². The van der Waals surface area contributed by atoms with Crippen LogP contribution in [0.4, 0.5) is 5.69 Å². The Morgan fingerprint density at radius 1 is 0.912 bits per heavy atom. The number of hydrogen-bond donors (Lipinski definition) is 3. The van der Waals surface area contributed by atoms with Crippen LogP contribution < -0.4 is 20.8 Å². The summed E-state index contributed by atoms with van der Waals surface area (Å²) >= 11 is 0. The maximum atomic E-state index is 12.2. The molecule has 0 bridgehead atoms. The Balaban J connectivity index is 1.41. The van der Waals surface area contributed by atoms with Crippen molar-refractivity contribution in [2.75, 3.05) is 11.9 Å². The van der Waals surface area contributed by atoms with Crippen molar-refractivity contribution in [1.82, 2.24) is 10.7 Å². The van der Waals surface area contributed by atoms with E-state index >= 15 is 0 Å². The highest BCUT2D eigenvalue weighted by atomic mass is 16.5. The maximum Gasteiger partial charge on any atom is 0.329 e. The van der Waals surface area contributed by atoms with Crippen LogP contribution >= 0.6 is 0 Å². The normalized spacial score (nSPS) is 10.5. The van der Waals surface area contributed by atoms with Gasteiger partial charge in [0.05, 0.1) is 6.21 Å². The largest absolute Gasteiger partial charge is 0.484 e. The first-order valence-electron chi connectivity index (χ1n) is 10.7. The fraction of sp³-hybridized carbons (Fsp3) is 0.154. The van der Waals surface area contributed by atoms with Crippen LogP contribution in [0.25, 0.3) is 0 Å². The van der Waals surface area contributed by atoms with Crippen LogP contribution in [-0.4, -0.2) is 30.5 Å². The molecule has 0 aromatic heterocycles. The number of carbonyl (C=O) groups is 3. The number of nitrogens with zero attached hydrogens (tertiary/aromatic N) is 1. The molecule has 3 rings (SSSR count). The van der Waals surface area contributed by atoms with E-state index in [1.807, 2.05) is 62.4 Å². The average Bonchev–Trinajstić information content (AvgIpc) is 2.85.